The largest absolute Gasteiger partial charge is 0.469 e. The van der Waals surface area contributed by atoms with E-state index in [9.17, 15) is 18.4 Å². The van der Waals surface area contributed by atoms with E-state index < -0.39 is 23.5 Å². The number of rotatable bonds is 5. The first-order valence-electron chi connectivity index (χ1n) is 5.80. The van der Waals surface area contributed by atoms with Gasteiger partial charge in [-0.15, -0.1) is 0 Å². The van der Waals surface area contributed by atoms with Crippen molar-refractivity contribution in [3.63, 3.8) is 0 Å². The first-order chi connectivity index (χ1) is 8.99. The zero-order chi connectivity index (χ0) is 14.4. The smallest absolute Gasteiger partial charge is 0.307 e. The molecule has 19 heavy (non-hydrogen) atoms. The van der Waals surface area contributed by atoms with E-state index >= 15 is 0 Å². The van der Waals surface area contributed by atoms with Crippen molar-refractivity contribution in [2.45, 2.75) is 13.3 Å². The molecule has 104 valence electrons. The lowest BCUT2D eigenvalue weighted by molar-refractivity contribution is -0.140. The van der Waals surface area contributed by atoms with Gasteiger partial charge in [-0.25, -0.2) is 8.78 Å². The molecule has 1 aromatic rings. The van der Waals surface area contributed by atoms with Crippen LogP contribution in [0.4, 0.5) is 8.78 Å². The minimum absolute atomic E-state index is 0.0469. The predicted octanol–water partition coefficient (Wildman–Crippen LogP) is 1.99. The molecule has 0 N–H and O–H groups in total. The van der Waals surface area contributed by atoms with Gasteiger partial charge in [0, 0.05) is 18.7 Å². The average molecular weight is 271 g/mol. The van der Waals surface area contributed by atoms with Gasteiger partial charge in [-0.3, -0.25) is 9.59 Å². The van der Waals surface area contributed by atoms with Crippen LogP contribution in [0.25, 0.3) is 0 Å². The van der Waals surface area contributed by atoms with Crippen molar-refractivity contribution in [3.05, 3.63) is 35.4 Å². The van der Waals surface area contributed by atoms with Gasteiger partial charge < -0.3 is 9.64 Å². The molecule has 4 nitrogen and oxygen atoms in total. The van der Waals surface area contributed by atoms with Crippen molar-refractivity contribution in [1.82, 2.24) is 4.90 Å². The van der Waals surface area contributed by atoms with Crippen molar-refractivity contribution < 1.29 is 23.1 Å². The number of halogens is 2. The monoisotopic (exact) mass is 271 g/mol. The third-order valence-corrected chi connectivity index (χ3v) is 2.65. The van der Waals surface area contributed by atoms with E-state index in [1.165, 1.54) is 18.1 Å². The molecule has 1 amide bonds. The van der Waals surface area contributed by atoms with Crippen LogP contribution in [0.1, 0.15) is 23.7 Å². The van der Waals surface area contributed by atoms with Crippen molar-refractivity contribution in [3.8, 4) is 0 Å². The number of benzene rings is 1. The topological polar surface area (TPSA) is 46.6 Å². The van der Waals surface area contributed by atoms with E-state index in [2.05, 4.69) is 4.74 Å². The summed E-state index contributed by atoms with van der Waals surface area (Å²) in [7, 11) is 1.26. The maximum atomic E-state index is 13.1. The normalized spacial score (nSPS) is 10.1. The van der Waals surface area contributed by atoms with Crippen molar-refractivity contribution >= 4 is 11.9 Å². The van der Waals surface area contributed by atoms with Gasteiger partial charge in [-0.2, -0.15) is 0 Å². The van der Waals surface area contributed by atoms with Gasteiger partial charge >= 0.3 is 5.97 Å². The van der Waals surface area contributed by atoms with Gasteiger partial charge in [0.2, 0.25) is 0 Å². The molecule has 0 aliphatic heterocycles. The summed E-state index contributed by atoms with van der Waals surface area (Å²) in [5, 5.41) is 0. The molecule has 0 atom stereocenters. The molecule has 0 saturated heterocycles. The molecule has 0 spiro atoms. The highest BCUT2D eigenvalue weighted by atomic mass is 19.2. The summed E-state index contributed by atoms with van der Waals surface area (Å²) in [5.74, 6) is -2.97. The SMILES string of the molecule is CCN(CCC(=O)OC)C(=O)c1ccc(F)c(F)c1. The van der Waals surface area contributed by atoms with Crippen LogP contribution in [-0.2, 0) is 9.53 Å². The Morgan fingerprint density at radius 2 is 1.95 bits per heavy atom. The minimum Gasteiger partial charge on any atom is -0.469 e. The number of ether oxygens (including phenoxy) is 1. The summed E-state index contributed by atoms with van der Waals surface area (Å²) in [5.41, 5.74) is 0.0469. The predicted molar refractivity (Wildman–Crippen MR) is 64.6 cm³/mol. The summed E-state index contributed by atoms with van der Waals surface area (Å²) in [6, 6.07) is 2.96. The summed E-state index contributed by atoms with van der Waals surface area (Å²) >= 11 is 0. The Hall–Kier alpha value is -1.98. The minimum atomic E-state index is -1.07. The lowest BCUT2D eigenvalue weighted by Crippen LogP contribution is -2.33. The standard InChI is InChI=1S/C13H15F2NO3/c1-3-16(7-6-12(17)19-2)13(18)9-4-5-10(14)11(15)8-9/h4-5,8H,3,6-7H2,1-2H3. The van der Waals surface area contributed by atoms with E-state index in [4.69, 9.17) is 0 Å². The summed E-state index contributed by atoms with van der Waals surface area (Å²) in [6.07, 6.45) is 0.0553. The molecule has 0 bridgehead atoms. The van der Waals surface area contributed by atoms with Crippen LogP contribution in [0.15, 0.2) is 18.2 Å². The molecule has 0 unspecified atom stereocenters. The molecular formula is C13H15F2NO3. The summed E-state index contributed by atoms with van der Waals surface area (Å²) < 4.78 is 30.3. The van der Waals surface area contributed by atoms with E-state index in [1.54, 1.807) is 6.92 Å². The Kier molecular flexibility index (Phi) is 5.41. The lowest BCUT2D eigenvalue weighted by atomic mass is 10.2. The number of hydrogen-bond donors (Lipinski definition) is 0. The van der Waals surface area contributed by atoms with Gasteiger partial charge in [0.25, 0.3) is 5.91 Å². The maximum absolute atomic E-state index is 13.1. The van der Waals surface area contributed by atoms with Crippen LogP contribution in [0.3, 0.4) is 0 Å². The molecule has 0 aliphatic carbocycles. The molecular weight excluding hydrogens is 256 g/mol. The van der Waals surface area contributed by atoms with Crippen molar-refractivity contribution in [2.24, 2.45) is 0 Å². The number of nitrogens with zero attached hydrogens (tertiary/aromatic N) is 1. The third kappa shape index (κ3) is 4.01. The zero-order valence-corrected chi connectivity index (χ0v) is 10.8. The first kappa shape index (κ1) is 15.1. The molecule has 0 aromatic heterocycles. The fraction of sp³-hybridized carbons (Fsp3) is 0.385. The molecule has 0 saturated carbocycles. The molecule has 0 aliphatic rings. The molecule has 1 rings (SSSR count). The van der Waals surface area contributed by atoms with Crippen LogP contribution < -0.4 is 0 Å². The first-order valence-corrected chi connectivity index (χ1v) is 5.80. The van der Waals surface area contributed by atoms with Crippen LogP contribution in [0.5, 0.6) is 0 Å². The number of carbonyl (C=O) groups is 2. The Labute approximate surface area is 110 Å². The Morgan fingerprint density at radius 1 is 1.26 bits per heavy atom. The van der Waals surface area contributed by atoms with Crippen LogP contribution in [0.2, 0.25) is 0 Å². The Balaban J connectivity index is 2.77. The highest BCUT2D eigenvalue weighted by Crippen LogP contribution is 2.11. The van der Waals surface area contributed by atoms with E-state index in [1.807, 2.05) is 0 Å². The van der Waals surface area contributed by atoms with Crippen molar-refractivity contribution in [1.29, 1.82) is 0 Å². The van der Waals surface area contributed by atoms with E-state index in [0.29, 0.717) is 6.54 Å². The van der Waals surface area contributed by atoms with Gasteiger partial charge in [0.15, 0.2) is 11.6 Å². The Morgan fingerprint density at radius 3 is 2.47 bits per heavy atom. The van der Waals surface area contributed by atoms with Gasteiger partial charge in [-0.1, -0.05) is 0 Å². The zero-order valence-electron chi connectivity index (χ0n) is 10.8. The maximum Gasteiger partial charge on any atom is 0.307 e. The highest BCUT2D eigenvalue weighted by molar-refractivity contribution is 5.94. The van der Waals surface area contributed by atoms with Gasteiger partial charge in [0.1, 0.15) is 0 Å². The highest BCUT2D eigenvalue weighted by Gasteiger charge is 2.17. The lowest BCUT2D eigenvalue weighted by Gasteiger charge is -2.20. The van der Waals surface area contributed by atoms with E-state index in [-0.39, 0.29) is 18.5 Å². The number of carbonyl (C=O) groups excluding carboxylic acids is 2. The molecule has 0 heterocycles. The summed E-state index contributed by atoms with van der Waals surface area (Å²) in [6.45, 7) is 2.25. The number of esters is 1. The Bertz CT molecular complexity index is 477. The fourth-order valence-corrected chi connectivity index (χ4v) is 1.54. The van der Waals surface area contributed by atoms with Crippen LogP contribution in [0, 0.1) is 11.6 Å². The quantitative estimate of drug-likeness (QED) is 0.769. The summed E-state index contributed by atoms with van der Waals surface area (Å²) in [4.78, 5) is 24.4. The average Bonchev–Trinajstić information content (AvgIpc) is 2.41. The number of hydrogen-bond acceptors (Lipinski definition) is 3. The van der Waals surface area contributed by atoms with E-state index in [0.717, 1.165) is 12.1 Å². The van der Waals surface area contributed by atoms with Crippen molar-refractivity contribution in [2.75, 3.05) is 20.2 Å². The molecule has 6 heteroatoms. The van der Waals surface area contributed by atoms with Gasteiger partial charge in [0.05, 0.1) is 13.5 Å². The number of amides is 1. The molecule has 0 radical (unpaired) electrons. The second-order valence-electron chi connectivity index (χ2n) is 3.84. The van der Waals surface area contributed by atoms with Crippen LogP contribution in [-0.4, -0.2) is 37.0 Å². The second kappa shape index (κ2) is 6.82. The second-order valence-corrected chi connectivity index (χ2v) is 3.84. The molecule has 1 aromatic carbocycles. The fourth-order valence-electron chi connectivity index (χ4n) is 1.54. The van der Waals surface area contributed by atoms with Gasteiger partial charge in [-0.05, 0) is 25.1 Å². The van der Waals surface area contributed by atoms with Crippen LogP contribution >= 0.6 is 0 Å². The number of methoxy groups -OCH3 is 1. The molecule has 0 fully saturated rings. The third-order valence-electron chi connectivity index (χ3n) is 2.65.